The molecule has 13 heavy (non-hydrogen) atoms. The van der Waals surface area contributed by atoms with Crippen LogP contribution in [0.15, 0.2) is 10.3 Å². The summed E-state index contributed by atoms with van der Waals surface area (Å²) in [7, 11) is 0. The maximum absolute atomic E-state index is 10.8. The number of Topliss-reactive ketones (excluding diaryl/α,β-unsaturated/α-hetero) is 1. The molecule has 1 heterocycles. The van der Waals surface area contributed by atoms with Gasteiger partial charge in [0.05, 0.1) is 0 Å². The molecule has 0 spiro atoms. The second-order valence-corrected chi connectivity index (χ2v) is 2.02. The molecule has 1 aliphatic rings. The maximum Gasteiger partial charge on any atom is 0.478 e. The van der Waals surface area contributed by atoms with Crippen LogP contribution in [-0.4, -0.2) is 28.6 Å². The summed E-state index contributed by atoms with van der Waals surface area (Å²) < 4.78 is 0. The van der Waals surface area contributed by atoms with E-state index in [0.29, 0.717) is 0 Å². The first-order valence-corrected chi connectivity index (χ1v) is 2.96. The van der Waals surface area contributed by atoms with E-state index in [9.17, 15) is 24.5 Å². The van der Waals surface area contributed by atoms with Crippen molar-refractivity contribution in [2.75, 3.05) is 0 Å². The van der Waals surface area contributed by atoms with E-state index in [1.165, 1.54) is 0 Å². The van der Waals surface area contributed by atoms with E-state index in [-0.39, 0.29) is 0 Å². The summed E-state index contributed by atoms with van der Waals surface area (Å²) in [6.45, 7) is 0. The molecule has 1 rings (SSSR count). The molecule has 0 aliphatic carbocycles. The lowest BCUT2D eigenvalue weighted by atomic mass is 10.2. The van der Waals surface area contributed by atoms with Gasteiger partial charge < -0.3 is 0 Å². The van der Waals surface area contributed by atoms with Crippen LogP contribution in [0.3, 0.4) is 0 Å². The number of rotatable bonds is 1. The highest BCUT2D eigenvalue weighted by molar-refractivity contribution is 6.42. The Morgan fingerprint density at radius 2 is 2.15 bits per heavy atom. The third kappa shape index (κ3) is 1.52. The van der Waals surface area contributed by atoms with Gasteiger partial charge in [-0.1, -0.05) is 5.22 Å². The van der Waals surface area contributed by atoms with Crippen LogP contribution in [0.4, 0.5) is 0 Å². The molecule has 0 aromatic carbocycles. The lowest BCUT2D eigenvalue weighted by Gasteiger charge is -2.06. The second kappa shape index (κ2) is 3.05. The van der Waals surface area contributed by atoms with Crippen molar-refractivity contribution >= 4 is 17.6 Å². The first-order valence-electron chi connectivity index (χ1n) is 2.96. The van der Waals surface area contributed by atoms with Crippen LogP contribution in [0.25, 0.3) is 0 Å². The fourth-order valence-electron chi connectivity index (χ4n) is 0.625. The van der Waals surface area contributed by atoms with Crippen LogP contribution in [-0.2, 0) is 14.4 Å². The molecule has 0 radical (unpaired) electrons. The van der Waals surface area contributed by atoms with Crippen molar-refractivity contribution in [3.8, 4) is 0 Å². The number of ketones is 1. The molecule has 68 valence electrons. The first-order chi connectivity index (χ1) is 6.04. The van der Waals surface area contributed by atoms with E-state index in [0.717, 1.165) is 0 Å². The Kier molecular flexibility index (Phi) is 2.09. The molecule has 1 aliphatic heterocycles. The van der Waals surface area contributed by atoms with Gasteiger partial charge in [0, 0.05) is 0 Å². The quantitative estimate of drug-likeness (QED) is 0.224. The summed E-state index contributed by atoms with van der Waals surface area (Å²) in [6.07, 6.45) is 0. The molecule has 0 fully saturated rings. The Balaban J connectivity index is 2.93. The molecule has 9 heteroatoms. The molecular weight excluding hydrogens is 184 g/mol. The van der Waals surface area contributed by atoms with E-state index in [1.807, 2.05) is 0 Å². The molecule has 0 saturated carbocycles. The summed E-state index contributed by atoms with van der Waals surface area (Å²) in [6, 6.07) is -1.94. The monoisotopic (exact) mass is 186 g/mol. The van der Waals surface area contributed by atoms with E-state index in [1.54, 1.807) is 5.43 Å². The van der Waals surface area contributed by atoms with E-state index in [4.69, 9.17) is 0 Å². The van der Waals surface area contributed by atoms with Gasteiger partial charge in [-0.25, -0.2) is 10.2 Å². The molecule has 2 amide bonds. The molecule has 1 atom stereocenters. The zero-order chi connectivity index (χ0) is 10.0. The van der Waals surface area contributed by atoms with Crippen molar-refractivity contribution in [1.29, 1.82) is 0 Å². The summed E-state index contributed by atoms with van der Waals surface area (Å²) in [5.74, 6) is -4.13. The Labute approximate surface area is 69.9 Å². The Bertz CT molecular complexity index is 333. The average Bonchev–Trinajstić information content (AvgIpc) is 2.08. The van der Waals surface area contributed by atoms with Crippen LogP contribution < -0.4 is 5.43 Å². The molecule has 0 aromatic rings. The molecular formula is C4H2N4O5. The fraction of sp³-hybridized carbons (Fsp3) is 0.250. The van der Waals surface area contributed by atoms with Crippen LogP contribution in [0, 0.1) is 10.1 Å². The van der Waals surface area contributed by atoms with Crippen molar-refractivity contribution in [1.82, 2.24) is 5.43 Å². The summed E-state index contributed by atoms with van der Waals surface area (Å²) in [5.41, 5.74) is 1.65. The number of amides is 2. The summed E-state index contributed by atoms with van der Waals surface area (Å²) in [5, 5.41) is 15.7. The summed E-state index contributed by atoms with van der Waals surface area (Å²) >= 11 is 0. The largest absolute Gasteiger partial charge is 0.478 e. The Morgan fingerprint density at radius 1 is 1.54 bits per heavy atom. The minimum absolute atomic E-state index is 1.18. The van der Waals surface area contributed by atoms with Crippen molar-refractivity contribution < 1.29 is 19.3 Å². The van der Waals surface area contributed by atoms with Gasteiger partial charge in [-0.15, -0.1) is 5.11 Å². The number of nitrogens with one attached hydrogen (secondary N) is 1. The van der Waals surface area contributed by atoms with Gasteiger partial charge in [-0.3, -0.25) is 19.7 Å². The van der Waals surface area contributed by atoms with Gasteiger partial charge in [0.1, 0.15) is 4.92 Å². The third-order valence-electron chi connectivity index (χ3n) is 1.21. The van der Waals surface area contributed by atoms with Gasteiger partial charge >= 0.3 is 11.8 Å². The topological polar surface area (TPSA) is 131 Å². The van der Waals surface area contributed by atoms with E-state index < -0.39 is 28.6 Å². The van der Waals surface area contributed by atoms with Crippen molar-refractivity contribution in [2.45, 2.75) is 6.04 Å². The number of nitrogens with zero attached hydrogens (tertiary/aromatic N) is 3. The Hall–Kier alpha value is -2.19. The van der Waals surface area contributed by atoms with E-state index >= 15 is 0 Å². The van der Waals surface area contributed by atoms with Gasteiger partial charge in [0.25, 0.3) is 11.8 Å². The molecule has 0 aromatic heterocycles. The lowest BCUT2D eigenvalue weighted by molar-refractivity contribution is -0.402. The number of carbonyl (C=O) groups excluding carboxylic acids is 3. The average molecular weight is 186 g/mol. The number of hydrogen-bond acceptors (Lipinski definition) is 7. The highest BCUT2D eigenvalue weighted by atomic mass is 16.6. The van der Waals surface area contributed by atoms with Gasteiger partial charge in [-0.05, 0) is 0 Å². The minimum atomic E-state index is -1.94. The lowest BCUT2D eigenvalue weighted by Crippen LogP contribution is -2.44. The number of carbonyl (C=O) groups is 3. The minimum Gasteiger partial charge on any atom is -0.285 e. The SMILES string of the molecule is O=C1NN=NC(C(=O)[N+](=O)[O-])C1=O. The standard InChI is InChI=1S/C4H2N4O5/c9-2-1(4(11)8(12)13)5-7-6-3(2)10/h1H,(H,5,6,10). The van der Waals surface area contributed by atoms with Gasteiger partial charge in [0.2, 0.25) is 0 Å². The van der Waals surface area contributed by atoms with Crippen molar-refractivity contribution in [3.05, 3.63) is 10.1 Å². The molecule has 9 nitrogen and oxygen atoms in total. The van der Waals surface area contributed by atoms with Crippen LogP contribution in [0.1, 0.15) is 0 Å². The van der Waals surface area contributed by atoms with Gasteiger partial charge in [0.15, 0.2) is 0 Å². The predicted octanol–water partition coefficient (Wildman–Crippen LogP) is -1.78. The molecule has 0 saturated heterocycles. The van der Waals surface area contributed by atoms with E-state index in [2.05, 4.69) is 10.3 Å². The zero-order valence-corrected chi connectivity index (χ0v) is 5.96. The number of nitro groups is 1. The molecule has 1 N–H and O–H groups in total. The highest BCUT2D eigenvalue weighted by Crippen LogP contribution is 2.01. The third-order valence-corrected chi connectivity index (χ3v) is 1.21. The van der Waals surface area contributed by atoms with Crippen molar-refractivity contribution in [3.63, 3.8) is 0 Å². The predicted molar refractivity (Wildman–Crippen MR) is 33.8 cm³/mol. The maximum atomic E-state index is 10.8. The van der Waals surface area contributed by atoms with Crippen molar-refractivity contribution in [2.24, 2.45) is 10.3 Å². The normalized spacial score (nSPS) is 21.1. The second-order valence-electron chi connectivity index (χ2n) is 2.02. The summed E-state index contributed by atoms with van der Waals surface area (Å²) in [4.78, 5) is 40.5. The van der Waals surface area contributed by atoms with Gasteiger partial charge in [-0.2, -0.15) is 0 Å². The molecule has 1 unspecified atom stereocenters. The van der Waals surface area contributed by atoms with Crippen LogP contribution in [0.5, 0.6) is 0 Å². The zero-order valence-electron chi connectivity index (χ0n) is 5.96. The Morgan fingerprint density at radius 3 is 2.69 bits per heavy atom. The fourth-order valence-corrected chi connectivity index (χ4v) is 0.625. The highest BCUT2D eigenvalue weighted by Gasteiger charge is 2.42. The molecule has 0 bridgehead atoms. The first kappa shape index (κ1) is 8.90. The van der Waals surface area contributed by atoms with Crippen LogP contribution >= 0.6 is 0 Å². The smallest absolute Gasteiger partial charge is 0.285 e. The number of hydrogen-bond donors (Lipinski definition) is 1. The van der Waals surface area contributed by atoms with Crippen LogP contribution in [0.2, 0.25) is 0 Å².